The van der Waals surface area contributed by atoms with Gasteiger partial charge in [-0.2, -0.15) is 0 Å². The minimum Gasteiger partial charge on any atom is -0.494 e. The van der Waals surface area contributed by atoms with E-state index in [0.29, 0.717) is 18.1 Å². The molecule has 0 saturated carbocycles. The van der Waals surface area contributed by atoms with E-state index in [-0.39, 0.29) is 5.91 Å². The maximum atomic E-state index is 11.7. The Morgan fingerprint density at radius 1 is 1.32 bits per heavy atom. The lowest BCUT2D eigenvalue weighted by Crippen LogP contribution is -2.18. The predicted octanol–water partition coefficient (Wildman–Crippen LogP) is 3.15. The van der Waals surface area contributed by atoms with Crippen molar-refractivity contribution in [1.82, 2.24) is 10.3 Å². The summed E-state index contributed by atoms with van der Waals surface area (Å²) in [7, 11) is 1.82. The average molecular weight is 319 g/mol. The number of aromatic nitrogens is 1. The van der Waals surface area contributed by atoms with Crippen molar-refractivity contribution in [2.75, 3.05) is 25.5 Å². The molecule has 0 spiro atoms. The highest BCUT2D eigenvalue weighted by Gasteiger charge is 2.08. The standard InChI is InChI=1S/C16H21N3O2S/c1-3-10-21-13-6-4-12(5-7-13)14-11-22-16(18-14)19-15(20)8-9-17-2/h4-7,11,17H,3,8-10H2,1-2H3,(H,18,19,20). The average Bonchev–Trinajstić information content (AvgIpc) is 3.00. The summed E-state index contributed by atoms with van der Waals surface area (Å²) in [6.07, 6.45) is 1.43. The molecular weight excluding hydrogens is 298 g/mol. The normalized spacial score (nSPS) is 10.5. The van der Waals surface area contributed by atoms with Gasteiger partial charge in [0.2, 0.25) is 5.91 Å². The number of nitrogens with zero attached hydrogens (tertiary/aromatic N) is 1. The summed E-state index contributed by atoms with van der Waals surface area (Å²) in [6.45, 7) is 3.46. The number of anilines is 1. The summed E-state index contributed by atoms with van der Waals surface area (Å²) in [4.78, 5) is 16.1. The van der Waals surface area contributed by atoms with E-state index < -0.39 is 0 Å². The van der Waals surface area contributed by atoms with Gasteiger partial charge in [0.1, 0.15) is 5.75 Å². The van der Waals surface area contributed by atoms with E-state index in [0.717, 1.165) is 30.0 Å². The number of hydrogen-bond donors (Lipinski definition) is 2. The van der Waals surface area contributed by atoms with E-state index in [1.54, 1.807) is 0 Å². The fraction of sp³-hybridized carbons (Fsp3) is 0.375. The molecule has 5 nitrogen and oxygen atoms in total. The second-order valence-electron chi connectivity index (χ2n) is 4.81. The Balaban J connectivity index is 1.97. The molecule has 118 valence electrons. The molecule has 2 N–H and O–H groups in total. The Morgan fingerprint density at radius 2 is 2.09 bits per heavy atom. The largest absolute Gasteiger partial charge is 0.494 e. The molecule has 1 aromatic heterocycles. The van der Waals surface area contributed by atoms with Crippen molar-refractivity contribution in [3.63, 3.8) is 0 Å². The molecule has 2 rings (SSSR count). The molecule has 0 atom stereocenters. The van der Waals surface area contributed by atoms with Crippen LogP contribution in [0.15, 0.2) is 29.6 Å². The molecule has 0 fully saturated rings. The third kappa shape index (κ3) is 4.82. The van der Waals surface area contributed by atoms with Crippen molar-refractivity contribution in [3.8, 4) is 17.0 Å². The third-order valence-corrected chi connectivity index (χ3v) is 3.73. The minimum absolute atomic E-state index is 0.0291. The monoisotopic (exact) mass is 319 g/mol. The van der Waals surface area contributed by atoms with E-state index in [1.165, 1.54) is 11.3 Å². The van der Waals surface area contributed by atoms with Crippen LogP contribution in [-0.2, 0) is 4.79 Å². The van der Waals surface area contributed by atoms with Crippen LogP contribution >= 0.6 is 11.3 Å². The van der Waals surface area contributed by atoms with Crippen molar-refractivity contribution in [2.45, 2.75) is 19.8 Å². The Bertz CT molecular complexity index is 596. The Labute approximate surface area is 134 Å². The second kappa shape index (κ2) is 8.51. The number of nitrogens with one attached hydrogen (secondary N) is 2. The lowest BCUT2D eigenvalue weighted by atomic mass is 10.2. The van der Waals surface area contributed by atoms with Crippen LogP contribution in [0.25, 0.3) is 11.3 Å². The SMILES string of the molecule is CCCOc1ccc(-c2csc(NC(=O)CCNC)n2)cc1. The third-order valence-electron chi connectivity index (χ3n) is 2.98. The molecular formula is C16H21N3O2S. The maximum absolute atomic E-state index is 11.7. The van der Waals surface area contributed by atoms with Crippen molar-refractivity contribution >= 4 is 22.4 Å². The van der Waals surface area contributed by atoms with Gasteiger partial charge in [-0.1, -0.05) is 6.92 Å². The summed E-state index contributed by atoms with van der Waals surface area (Å²) in [5, 5.41) is 8.32. The summed E-state index contributed by atoms with van der Waals surface area (Å²) in [5.74, 6) is 0.833. The molecule has 1 amide bonds. The van der Waals surface area contributed by atoms with Crippen molar-refractivity contribution in [2.24, 2.45) is 0 Å². The number of ether oxygens (including phenoxy) is 1. The number of carbonyl (C=O) groups excluding carboxylic acids is 1. The van der Waals surface area contributed by atoms with Gasteiger partial charge in [-0.3, -0.25) is 4.79 Å². The fourth-order valence-electron chi connectivity index (χ4n) is 1.83. The fourth-order valence-corrected chi connectivity index (χ4v) is 2.56. The van der Waals surface area contributed by atoms with E-state index in [4.69, 9.17) is 4.74 Å². The Morgan fingerprint density at radius 3 is 2.77 bits per heavy atom. The number of thiazole rings is 1. The highest BCUT2D eigenvalue weighted by Crippen LogP contribution is 2.26. The first-order valence-corrected chi connectivity index (χ1v) is 8.24. The summed E-state index contributed by atoms with van der Waals surface area (Å²) >= 11 is 1.43. The lowest BCUT2D eigenvalue weighted by molar-refractivity contribution is -0.116. The molecule has 0 aliphatic heterocycles. The summed E-state index contributed by atoms with van der Waals surface area (Å²) < 4.78 is 5.56. The number of benzene rings is 1. The molecule has 0 aliphatic carbocycles. The van der Waals surface area contributed by atoms with Gasteiger partial charge in [-0.05, 0) is 37.7 Å². The summed E-state index contributed by atoms with van der Waals surface area (Å²) in [5.41, 5.74) is 1.87. The number of amides is 1. The first kappa shape index (κ1) is 16.5. The van der Waals surface area contributed by atoms with Crippen LogP contribution in [0.5, 0.6) is 5.75 Å². The first-order valence-electron chi connectivity index (χ1n) is 7.36. The van der Waals surface area contributed by atoms with Gasteiger partial charge < -0.3 is 15.4 Å². The molecule has 0 bridgehead atoms. The van der Waals surface area contributed by atoms with Gasteiger partial charge in [-0.15, -0.1) is 11.3 Å². The molecule has 22 heavy (non-hydrogen) atoms. The zero-order chi connectivity index (χ0) is 15.8. The number of hydrogen-bond acceptors (Lipinski definition) is 5. The molecule has 0 radical (unpaired) electrons. The van der Waals surface area contributed by atoms with Gasteiger partial charge in [0.15, 0.2) is 5.13 Å². The van der Waals surface area contributed by atoms with E-state index in [2.05, 4.69) is 22.5 Å². The van der Waals surface area contributed by atoms with Crippen LogP contribution in [0.4, 0.5) is 5.13 Å². The first-order chi connectivity index (χ1) is 10.7. The zero-order valence-electron chi connectivity index (χ0n) is 12.9. The molecule has 1 heterocycles. The smallest absolute Gasteiger partial charge is 0.227 e. The number of rotatable bonds is 8. The minimum atomic E-state index is -0.0291. The van der Waals surface area contributed by atoms with E-state index in [9.17, 15) is 4.79 Å². The van der Waals surface area contributed by atoms with Crippen LogP contribution in [0.3, 0.4) is 0 Å². The predicted molar refractivity (Wildman–Crippen MR) is 90.5 cm³/mol. The maximum Gasteiger partial charge on any atom is 0.227 e. The van der Waals surface area contributed by atoms with E-state index >= 15 is 0 Å². The second-order valence-corrected chi connectivity index (χ2v) is 5.67. The van der Waals surface area contributed by atoms with Crippen LogP contribution in [0, 0.1) is 0 Å². The van der Waals surface area contributed by atoms with Gasteiger partial charge in [0, 0.05) is 23.9 Å². The highest BCUT2D eigenvalue weighted by atomic mass is 32.1. The van der Waals surface area contributed by atoms with Crippen LogP contribution in [0.1, 0.15) is 19.8 Å². The Hall–Kier alpha value is -1.92. The quantitative estimate of drug-likeness (QED) is 0.784. The summed E-state index contributed by atoms with van der Waals surface area (Å²) in [6, 6.07) is 7.84. The molecule has 0 aliphatic rings. The van der Waals surface area contributed by atoms with E-state index in [1.807, 2.05) is 36.7 Å². The topological polar surface area (TPSA) is 63.2 Å². The van der Waals surface area contributed by atoms with Gasteiger partial charge in [0.25, 0.3) is 0 Å². The van der Waals surface area contributed by atoms with Crippen molar-refractivity contribution < 1.29 is 9.53 Å². The van der Waals surface area contributed by atoms with Gasteiger partial charge in [0.05, 0.1) is 12.3 Å². The van der Waals surface area contributed by atoms with Crippen molar-refractivity contribution in [3.05, 3.63) is 29.6 Å². The van der Waals surface area contributed by atoms with Crippen molar-refractivity contribution in [1.29, 1.82) is 0 Å². The molecule has 1 aromatic carbocycles. The van der Waals surface area contributed by atoms with Crippen LogP contribution < -0.4 is 15.4 Å². The van der Waals surface area contributed by atoms with Gasteiger partial charge >= 0.3 is 0 Å². The molecule has 2 aromatic rings. The highest BCUT2D eigenvalue weighted by molar-refractivity contribution is 7.14. The Kier molecular flexibility index (Phi) is 6.36. The lowest BCUT2D eigenvalue weighted by Gasteiger charge is -2.04. The molecule has 0 unspecified atom stereocenters. The van der Waals surface area contributed by atoms with Gasteiger partial charge in [-0.25, -0.2) is 4.98 Å². The number of carbonyl (C=O) groups is 1. The van der Waals surface area contributed by atoms with Crippen LogP contribution in [-0.4, -0.2) is 31.1 Å². The zero-order valence-corrected chi connectivity index (χ0v) is 13.7. The molecule has 6 heteroatoms. The molecule has 0 saturated heterocycles. The van der Waals surface area contributed by atoms with Crippen LogP contribution in [0.2, 0.25) is 0 Å².